The highest BCUT2D eigenvalue weighted by atomic mass is 32.2. The Morgan fingerprint density at radius 2 is 1.73 bits per heavy atom. The highest BCUT2D eigenvalue weighted by molar-refractivity contribution is 7.89. The highest BCUT2D eigenvalue weighted by Crippen LogP contribution is 2.27. The average Bonchev–Trinajstić information content (AvgIpc) is 2.77. The van der Waals surface area contributed by atoms with E-state index in [9.17, 15) is 18.0 Å². The maximum absolute atomic E-state index is 13.0. The number of amides is 1. The molecule has 2 unspecified atom stereocenters. The molecule has 0 spiro atoms. The average molecular weight is 475 g/mol. The van der Waals surface area contributed by atoms with Crippen LogP contribution in [0.3, 0.4) is 0 Å². The van der Waals surface area contributed by atoms with Gasteiger partial charge in [-0.2, -0.15) is 4.31 Å². The molecule has 1 fully saturated rings. The van der Waals surface area contributed by atoms with Crippen molar-refractivity contribution in [1.29, 1.82) is 0 Å². The monoisotopic (exact) mass is 474 g/mol. The molecule has 8 nitrogen and oxygen atoms in total. The number of piperidine rings is 1. The Hall–Kier alpha value is -2.75. The fourth-order valence-electron chi connectivity index (χ4n) is 4.03. The van der Waals surface area contributed by atoms with Crippen LogP contribution in [0, 0.1) is 11.8 Å². The first-order valence-corrected chi connectivity index (χ1v) is 12.3. The lowest BCUT2D eigenvalue weighted by Gasteiger charge is -2.34. The van der Waals surface area contributed by atoms with Crippen LogP contribution >= 0.6 is 0 Å². The minimum absolute atomic E-state index is 0.184. The number of esters is 1. The molecule has 0 aliphatic carbocycles. The first-order valence-electron chi connectivity index (χ1n) is 10.8. The molecule has 178 valence electrons. The summed E-state index contributed by atoms with van der Waals surface area (Å²) in [6.07, 6.45) is 1.01. The van der Waals surface area contributed by atoms with Crippen LogP contribution in [-0.4, -0.2) is 51.4 Å². The second kappa shape index (κ2) is 10.9. The van der Waals surface area contributed by atoms with Gasteiger partial charge in [-0.25, -0.2) is 13.2 Å². The molecule has 0 saturated carbocycles. The molecule has 1 aliphatic heterocycles. The molecule has 2 atom stereocenters. The summed E-state index contributed by atoms with van der Waals surface area (Å²) in [6, 6.07) is 12.8. The van der Waals surface area contributed by atoms with E-state index in [1.54, 1.807) is 25.3 Å². The summed E-state index contributed by atoms with van der Waals surface area (Å²) in [5.74, 6) is -0.514. The molecule has 1 saturated heterocycles. The zero-order chi connectivity index (χ0) is 24.0. The van der Waals surface area contributed by atoms with E-state index in [1.807, 2.05) is 6.07 Å². The molecule has 1 amide bonds. The summed E-state index contributed by atoms with van der Waals surface area (Å²) in [6.45, 7) is 5.02. The number of sulfonamides is 1. The molecule has 33 heavy (non-hydrogen) atoms. The third kappa shape index (κ3) is 6.63. The molecule has 1 aliphatic rings. The van der Waals surface area contributed by atoms with Gasteiger partial charge in [0.2, 0.25) is 10.0 Å². The predicted octanol–water partition coefficient (Wildman–Crippen LogP) is 3.30. The van der Waals surface area contributed by atoms with E-state index >= 15 is 0 Å². The molecule has 1 heterocycles. The van der Waals surface area contributed by atoms with Gasteiger partial charge in [-0.05, 0) is 60.2 Å². The normalized spacial score (nSPS) is 19.1. The van der Waals surface area contributed by atoms with Gasteiger partial charge in [-0.15, -0.1) is 0 Å². The van der Waals surface area contributed by atoms with Crippen molar-refractivity contribution < 1.29 is 27.5 Å². The Kier molecular flexibility index (Phi) is 8.23. The van der Waals surface area contributed by atoms with Crippen molar-refractivity contribution >= 4 is 27.6 Å². The van der Waals surface area contributed by atoms with Crippen molar-refractivity contribution in [3.63, 3.8) is 0 Å². The Labute approximate surface area is 194 Å². The number of nitrogens with one attached hydrogen (secondary N) is 1. The predicted molar refractivity (Wildman–Crippen MR) is 124 cm³/mol. The van der Waals surface area contributed by atoms with Crippen molar-refractivity contribution in [2.75, 3.05) is 32.1 Å². The van der Waals surface area contributed by atoms with Crippen LogP contribution in [0.2, 0.25) is 0 Å². The number of benzene rings is 2. The molecule has 3 rings (SSSR count). The van der Waals surface area contributed by atoms with Crippen LogP contribution in [0.15, 0.2) is 53.4 Å². The topological polar surface area (TPSA) is 102 Å². The van der Waals surface area contributed by atoms with Crippen molar-refractivity contribution in [2.24, 2.45) is 11.8 Å². The minimum atomic E-state index is -3.59. The Bertz CT molecular complexity index is 1070. The van der Waals surface area contributed by atoms with Crippen LogP contribution in [0.1, 0.15) is 36.2 Å². The highest BCUT2D eigenvalue weighted by Gasteiger charge is 2.31. The SMILES string of the molecule is COCc1cccc(C(=O)OCC(=O)Nc2ccc(S(=O)(=O)N3CC(C)CC(C)C3)cc2)c1. The number of rotatable bonds is 8. The summed E-state index contributed by atoms with van der Waals surface area (Å²) in [7, 11) is -2.03. The molecule has 1 N–H and O–H groups in total. The number of hydrogen-bond acceptors (Lipinski definition) is 6. The van der Waals surface area contributed by atoms with Gasteiger partial charge in [0.1, 0.15) is 0 Å². The van der Waals surface area contributed by atoms with Crippen molar-refractivity contribution in [1.82, 2.24) is 4.31 Å². The van der Waals surface area contributed by atoms with E-state index in [0.29, 0.717) is 42.8 Å². The van der Waals surface area contributed by atoms with E-state index in [4.69, 9.17) is 9.47 Å². The first kappa shape index (κ1) is 24.9. The molecular formula is C24H30N2O6S. The van der Waals surface area contributed by atoms with Gasteiger partial charge in [0, 0.05) is 25.9 Å². The van der Waals surface area contributed by atoms with E-state index in [2.05, 4.69) is 19.2 Å². The lowest BCUT2D eigenvalue weighted by atomic mass is 9.94. The first-order chi connectivity index (χ1) is 15.7. The maximum atomic E-state index is 13.0. The maximum Gasteiger partial charge on any atom is 0.338 e. The van der Waals surface area contributed by atoms with E-state index < -0.39 is 28.5 Å². The molecule has 0 radical (unpaired) electrons. The number of carbonyl (C=O) groups is 2. The van der Waals surface area contributed by atoms with Gasteiger partial charge < -0.3 is 14.8 Å². The summed E-state index contributed by atoms with van der Waals surface area (Å²) in [4.78, 5) is 24.6. The van der Waals surface area contributed by atoms with Gasteiger partial charge in [-0.3, -0.25) is 4.79 Å². The van der Waals surface area contributed by atoms with E-state index in [-0.39, 0.29) is 4.90 Å². The Balaban J connectivity index is 1.55. The minimum Gasteiger partial charge on any atom is -0.452 e. The largest absolute Gasteiger partial charge is 0.452 e. The van der Waals surface area contributed by atoms with Crippen LogP contribution in [0.5, 0.6) is 0 Å². The lowest BCUT2D eigenvalue weighted by molar-refractivity contribution is -0.119. The number of ether oxygens (including phenoxy) is 2. The Morgan fingerprint density at radius 1 is 1.06 bits per heavy atom. The number of methoxy groups -OCH3 is 1. The van der Waals surface area contributed by atoms with E-state index in [1.165, 1.54) is 28.6 Å². The van der Waals surface area contributed by atoms with E-state index in [0.717, 1.165) is 12.0 Å². The number of nitrogens with zero attached hydrogens (tertiary/aromatic N) is 1. The summed E-state index contributed by atoms with van der Waals surface area (Å²) < 4.78 is 37.6. The fraction of sp³-hybridized carbons (Fsp3) is 0.417. The van der Waals surface area contributed by atoms with Gasteiger partial charge in [0.25, 0.3) is 5.91 Å². The van der Waals surface area contributed by atoms with Gasteiger partial charge in [0.05, 0.1) is 17.1 Å². The van der Waals surface area contributed by atoms with Crippen LogP contribution in [0.4, 0.5) is 5.69 Å². The summed E-state index contributed by atoms with van der Waals surface area (Å²) in [5.41, 5.74) is 1.56. The van der Waals surface area contributed by atoms with Crippen molar-refractivity contribution in [3.05, 3.63) is 59.7 Å². The van der Waals surface area contributed by atoms with Crippen molar-refractivity contribution in [3.8, 4) is 0 Å². The third-order valence-electron chi connectivity index (χ3n) is 5.42. The number of anilines is 1. The standard InChI is InChI=1S/C24H30N2O6S/c1-17-11-18(2)14-26(13-17)33(29,30)22-9-7-21(8-10-22)25-23(27)16-32-24(28)20-6-4-5-19(12-20)15-31-3/h4-10,12,17-18H,11,13-16H2,1-3H3,(H,25,27). The molecule has 0 aromatic heterocycles. The molecule has 2 aromatic carbocycles. The quantitative estimate of drug-likeness (QED) is 0.589. The van der Waals surface area contributed by atoms with Crippen LogP contribution < -0.4 is 5.32 Å². The van der Waals surface area contributed by atoms with Gasteiger partial charge in [0.15, 0.2) is 6.61 Å². The molecule has 2 aromatic rings. The summed E-state index contributed by atoms with van der Waals surface area (Å²) >= 11 is 0. The smallest absolute Gasteiger partial charge is 0.338 e. The van der Waals surface area contributed by atoms with Crippen LogP contribution in [0.25, 0.3) is 0 Å². The third-order valence-corrected chi connectivity index (χ3v) is 7.27. The van der Waals surface area contributed by atoms with Crippen molar-refractivity contribution in [2.45, 2.75) is 31.8 Å². The second-order valence-corrected chi connectivity index (χ2v) is 10.5. The molecular weight excluding hydrogens is 444 g/mol. The zero-order valence-corrected chi connectivity index (χ0v) is 19.9. The lowest BCUT2D eigenvalue weighted by Crippen LogP contribution is -2.42. The zero-order valence-electron chi connectivity index (χ0n) is 19.1. The molecule has 0 bridgehead atoms. The number of carbonyl (C=O) groups excluding carboxylic acids is 2. The Morgan fingerprint density at radius 3 is 2.36 bits per heavy atom. The van der Waals surface area contributed by atoms with Crippen LogP contribution in [-0.2, 0) is 30.9 Å². The summed E-state index contributed by atoms with van der Waals surface area (Å²) in [5, 5.41) is 2.61. The molecule has 9 heteroatoms. The van der Waals surface area contributed by atoms with Gasteiger partial charge in [-0.1, -0.05) is 26.0 Å². The number of hydrogen-bond donors (Lipinski definition) is 1. The second-order valence-electron chi connectivity index (χ2n) is 8.55. The van der Waals surface area contributed by atoms with Gasteiger partial charge >= 0.3 is 5.97 Å². The fourth-order valence-corrected chi connectivity index (χ4v) is 5.71.